The molecule has 2 rings (SSSR count). The van der Waals surface area contributed by atoms with E-state index in [0.29, 0.717) is 31.3 Å². The highest BCUT2D eigenvalue weighted by Crippen LogP contribution is 2.28. The van der Waals surface area contributed by atoms with Crippen LogP contribution in [0.2, 0.25) is 0 Å². The van der Waals surface area contributed by atoms with E-state index in [1.54, 1.807) is 9.80 Å². The summed E-state index contributed by atoms with van der Waals surface area (Å²) in [7, 11) is 1.81. The van der Waals surface area contributed by atoms with Crippen LogP contribution in [0.3, 0.4) is 0 Å². The fourth-order valence-electron chi connectivity index (χ4n) is 3.62. The number of piperidine rings is 1. The normalized spacial score (nSPS) is 25.0. The molecule has 0 aromatic carbocycles. The van der Waals surface area contributed by atoms with Crippen molar-refractivity contribution in [1.82, 2.24) is 15.1 Å². The van der Waals surface area contributed by atoms with E-state index in [9.17, 15) is 9.59 Å². The number of nitrogens with one attached hydrogen (secondary N) is 1. The second kappa shape index (κ2) is 6.34. The van der Waals surface area contributed by atoms with Gasteiger partial charge in [0.05, 0.1) is 0 Å². The van der Waals surface area contributed by atoms with E-state index in [0.717, 1.165) is 25.9 Å². The number of carbonyl (C=O) groups excluding carboxylic acids is 2. The maximum absolute atomic E-state index is 12.7. The molecule has 21 heavy (non-hydrogen) atoms. The number of piperazine rings is 1. The van der Waals surface area contributed by atoms with E-state index < -0.39 is 5.54 Å². The summed E-state index contributed by atoms with van der Waals surface area (Å²) in [4.78, 5) is 28.4. The zero-order valence-corrected chi connectivity index (χ0v) is 13.8. The Labute approximate surface area is 128 Å². The zero-order chi connectivity index (χ0) is 15.6. The van der Waals surface area contributed by atoms with Crippen LogP contribution in [0.1, 0.15) is 40.0 Å². The minimum absolute atomic E-state index is 0.0385. The Morgan fingerprint density at radius 1 is 1.33 bits per heavy atom. The van der Waals surface area contributed by atoms with Gasteiger partial charge in [-0.2, -0.15) is 0 Å². The monoisotopic (exact) mass is 295 g/mol. The zero-order valence-electron chi connectivity index (χ0n) is 13.8. The van der Waals surface area contributed by atoms with Gasteiger partial charge in [0.1, 0.15) is 5.54 Å². The smallest absolute Gasteiger partial charge is 0.247 e. The highest BCUT2D eigenvalue weighted by molar-refractivity contribution is 5.91. The second-order valence-corrected chi connectivity index (χ2v) is 7.10. The van der Waals surface area contributed by atoms with Gasteiger partial charge in [-0.05, 0) is 51.6 Å². The topological polar surface area (TPSA) is 52.7 Å². The Balaban J connectivity index is 1.97. The minimum atomic E-state index is -0.710. The molecule has 2 fully saturated rings. The molecule has 0 saturated carbocycles. The van der Waals surface area contributed by atoms with Crippen LogP contribution < -0.4 is 5.32 Å². The molecule has 0 aromatic heterocycles. The van der Waals surface area contributed by atoms with E-state index in [1.807, 2.05) is 20.9 Å². The Morgan fingerprint density at radius 3 is 2.57 bits per heavy atom. The number of carbonyl (C=O) groups is 2. The Hall–Kier alpha value is -1.10. The third-order valence-electron chi connectivity index (χ3n) is 5.19. The number of likely N-dealkylation sites (N-methyl/N-ethyl adjacent to an activating group) is 1. The van der Waals surface area contributed by atoms with Gasteiger partial charge in [0.2, 0.25) is 11.8 Å². The standard InChI is InChI=1S/C16H29N3O2/c1-12(13-5-7-17-8-6-13)11-14(20)19-10-9-18(4)15(21)16(19,2)3/h12-13,17H,5-11H2,1-4H3. The lowest BCUT2D eigenvalue weighted by atomic mass is 9.83. The molecule has 2 heterocycles. The van der Waals surface area contributed by atoms with Crippen molar-refractivity contribution in [3.8, 4) is 0 Å². The Kier molecular flexibility index (Phi) is 4.91. The fourth-order valence-corrected chi connectivity index (χ4v) is 3.62. The van der Waals surface area contributed by atoms with E-state index >= 15 is 0 Å². The van der Waals surface area contributed by atoms with Crippen molar-refractivity contribution >= 4 is 11.8 Å². The maximum atomic E-state index is 12.7. The Bertz CT molecular complexity index is 402. The second-order valence-electron chi connectivity index (χ2n) is 7.10. The molecular formula is C16H29N3O2. The highest BCUT2D eigenvalue weighted by Gasteiger charge is 2.43. The Morgan fingerprint density at radius 2 is 1.95 bits per heavy atom. The first-order valence-corrected chi connectivity index (χ1v) is 8.10. The molecule has 1 atom stereocenters. The molecule has 2 saturated heterocycles. The molecule has 2 aliphatic heterocycles. The largest absolute Gasteiger partial charge is 0.342 e. The van der Waals surface area contributed by atoms with Gasteiger partial charge in [-0.25, -0.2) is 0 Å². The van der Waals surface area contributed by atoms with Gasteiger partial charge in [-0.3, -0.25) is 9.59 Å². The summed E-state index contributed by atoms with van der Waals surface area (Å²) < 4.78 is 0. The van der Waals surface area contributed by atoms with Gasteiger partial charge < -0.3 is 15.1 Å². The summed E-state index contributed by atoms with van der Waals surface area (Å²) in [5.41, 5.74) is -0.710. The van der Waals surface area contributed by atoms with Crippen LogP contribution in [-0.4, -0.2) is 60.4 Å². The summed E-state index contributed by atoms with van der Waals surface area (Å²) in [5.74, 6) is 1.19. The molecule has 5 nitrogen and oxygen atoms in total. The number of rotatable bonds is 3. The summed E-state index contributed by atoms with van der Waals surface area (Å²) >= 11 is 0. The van der Waals surface area contributed by atoms with E-state index in [1.165, 1.54) is 0 Å². The molecule has 120 valence electrons. The molecule has 0 bridgehead atoms. The molecule has 0 aliphatic carbocycles. The van der Waals surface area contributed by atoms with Gasteiger partial charge in [0.25, 0.3) is 0 Å². The lowest BCUT2D eigenvalue weighted by molar-refractivity contribution is -0.157. The van der Waals surface area contributed by atoms with Gasteiger partial charge in [-0.1, -0.05) is 6.92 Å². The van der Waals surface area contributed by atoms with Gasteiger partial charge in [0.15, 0.2) is 0 Å². The summed E-state index contributed by atoms with van der Waals surface area (Å²) in [5, 5.41) is 3.36. The van der Waals surface area contributed by atoms with Gasteiger partial charge in [-0.15, -0.1) is 0 Å². The van der Waals surface area contributed by atoms with Crippen molar-refractivity contribution in [2.75, 3.05) is 33.2 Å². The van der Waals surface area contributed by atoms with Crippen molar-refractivity contribution in [2.45, 2.75) is 45.6 Å². The number of hydrogen-bond acceptors (Lipinski definition) is 3. The van der Waals surface area contributed by atoms with Crippen LogP contribution >= 0.6 is 0 Å². The molecule has 1 N–H and O–H groups in total. The first-order valence-electron chi connectivity index (χ1n) is 8.10. The third kappa shape index (κ3) is 3.39. The van der Waals surface area contributed by atoms with E-state index in [-0.39, 0.29) is 11.8 Å². The van der Waals surface area contributed by atoms with Crippen LogP contribution in [0.25, 0.3) is 0 Å². The quantitative estimate of drug-likeness (QED) is 0.848. The molecule has 2 aliphatic rings. The molecule has 0 aromatic rings. The molecule has 2 amide bonds. The van der Waals surface area contributed by atoms with Crippen molar-refractivity contribution in [1.29, 1.82) is 0 Å². The fraction of sp³-hybridized carbons (Fsp3) is 0.875. The van der Waals surface area contributed by atoms with Crippen LogP contribution in [0.5, 0.6) is 0 Å². The lowest BCUT2D eigenvalue weighted by Crippen LogP contribution is -2.63. The average Bonchev–Trinajstić information content (AvgIpc) is 2.45. The van der Waals surface area contributed by atoms with Crippen molar-refractivity contribution in [3.63, 3.8) is 0 Å². The average molecular weight is 295 g/mol. The first-order chi connectivity index (χ1) is 9.84. The van der Waals surface area contributed by atoms with Crippen LogP contribution in [0.15, 0.2) is 0 Å². The molecular weight excluding hydrogens is 266 g/mol. The predicted molar refractivity (Wildman–Crippen MR) is 82.8 cm³/mol. The number of nitrogens with zero attached hydrogens (tertiary/aromatic N) is 2. The van der Waals surface area contributed by atoms with Crippen LogP contribution in [-0.2, 0) is 9.59 Å². The first kappa shape index (κ1) is 16.3. The molecule has 5 heteroatoms. The minimum Gasteiger partial charge on any atom is -0.342 e. The highest BCUT2D eigenvalue weighted by atomic mass is 16.2. The van der Waals surface area contributed by atoms with Crippen LogP contribution in [0, 0.1) is 11.8 Å². The SMILES string of the molecule is CC(CC(=O)N1CCN(C)C(=O)C1(C)C)C1CCNCC1. The van der Waals surface area contributed by atoms with Crippen molar-refractivity contribution < 1.29 is 9.59 Å². The third-order valence-corrected chi connectivity index (χ3v) is 5.19. The van der Waals surface area contributed by atoms with Gasteiger partial charge >= 0.3 is 0 Å². The maximum Gasteiger partial charge on any atom is 0.247 e. The predicted octanol–water partition coefficient (Wildman–Crippen LogP) is 1.09. The van der Waals surface area contributed by atoms with Crippen molar-refractivity contribution in [2.24, 2.45) is 11.8 Å². The summed E-state index contributed by atoms with van der Waals surface area (Å²) in [6.07, 6.45) is 2.87. The van der Waals surface area contributed by atoms with E-state index in [4.69, 9.17) is 0 Å². The number of amides is 2. The van der Waals surface area contributed by atoms with E-state index in [2.05, 4.69) is 12.2 Å². The summed E-state index contributed by atoms with van der Waals surface area (Å²) in [6, 6.07) is 0. The molecule has 1 unspecified atom stereocenters. The van der Waals surface area contributed by atoms with Crippen LogP contribution in [0.4, 0.5) is 0 Å². The molecule has 0 spiro atoms. The van der Waals surface area contributed by atoms with Gasteiger partial charge in [0, 0.05) is 26.6 Å². The molecule has 0 radical (unpaired) electrons. The van der Waals surface area contributed by atoms with Crippen molar-refractivity contribution in [3.05, 3.63) is 0 Å². The summed E-state index contributed by atoms with van der Waals surface area (Å²) in [6.45, 7) is 9.29. The number of hydrogen-bond donors (Lipinski definition) is 1. The lowest BCUT2D eigenvalue weighted by Gasteiger charge is -2.45.